The maximum atomic E-state index is 11.6. The van der Waals surface area contributed by atoms with E-state index in [4.69, 9.17) is 4.42 Å². The Bertz CT molecular complexity index is 580. The third kappa shape index (κ3) is 3.13. The Labute approximate surface area is 111 Å². The van der Waals surface area contributed by atoms with Gasteiger partial charge in [-0.25, -0.2) is 5.43 Å². The summed E-state index contributed by atoms with van der Waals surface area (Å²) in [6, 6.07) is 5.66. The number of carbonyl (C=O) groups excluding carboxylic acids is 1. The van der Waals surface area contributed by atoms with Gasteiger partial charge in [-0.1, -0.05) is 0 Å². The summed E-state index contributed by atoms with van der Waals surface area (Å²) in [7, 11) is 0. The van der Waals surface area contributed by atoms with E-state index in [9.17, 15) is 4.79 Å². The SMILES string of the molecule is Cc1cc(/C=N/NC(=O)c2ccco2)cn1C(C)C. The molecule has 100 valence electrons. The second kappa shape index (κ2) is 5.56. The Hall–Kier alpha value is -2.30. The topological polar surface area (TPSA) is 59.5 Å². The normalized spacial score (nSPS) is 11.4. The van der Waals surface area contributed by atoms with Crippen LogP contribution in [-0.4, -0.2) is 16.7 Å². The van der Waals surface area contributed by atoms with Crippen molar-refractivity contribution in [1.82, 2.24) is 9.99 Å². The van der Waals surface area contributed by atoms with Crippen LogP contribution in [0.4, 0.5) is 0 Å². The lowest BCUT2D eigenvalue weighted by atomic mass is 10.3. The number of rotatable bonds is 4. The van der Waals surface area contributed by atoms with Crippen molar-refractivity contribution in [1.29, 1.82) is 0 Å². The lowest BCUT2D eigenvalue weighted by Gasteiger charge is -2.08. The molecule has 2 rings (SSSR count). The lowest BCUT2D eigenvalue weighted by molar-refractivity contribution is 0.0927. The molecule has 1 amide bonds. The Balaban J connectivity index is 1.99. The fourth-order valence-corrected chi connectivity index (χ4v) is 1.87. The number of aryl methyl sites for hydroxylation is 1. The van der Waals surface area contributed by atoms with E-state index in [2.05, 4.69) is 28.9 Å². The number of hydrogen-bond acceptors (Lipinski definition) is 3. The van der Waals surface area contributed by atoms with Crippen LogP contribution in [0.15, 0.2) is 40.2 Å². The second-order valence-corrected chi connectivity index (χ2v) is 4.59. The smallest absolute Gasteiger partial charge is 0.307 e. The molecule has 2 aromatic rings. The maximum absolute atomic E-state index is 11.6. The average molecular weight is 259 g/mol. The highest BCUT2D eigenvalue weighted by molar-refractivity contribution is 5.92. The van der Waals surface area contributed by atoms with Gasteiger partial charge in [0.25, 0.3) is 0 Å². The molecule has 0 saturated heterocycles. The fraction of sp³-hybridized carbons (Fsp3) is 0.286. The van der Waals surface area contributed by atoms with Crippen LogP contribution in [0.3, 0.4) is 0 Å². The molecular formula is C14H17N3O2. The minimum atomic E-state index is -0.360. The molecule has 0 atom stereocenters. The summed E-state index contributed by atoms with van der Waals surface area (Å²) < 4.78 is 7.11. The maximum Gasteiger partial charge on any atom is 0.307 e. The molecule has 2 heterocycles. The van der Waals surface area contributed by atoms with Gasteiger partial charge >= 0.3 is 5.91 Å². The van der Waals surface area contributed by atoms with E-state index in [0.717, 1.165) is 11.3 Å². The molecule has 0 radical (unpaired) electrons. The molecule has 0 aromatic carbocycles. The van der Waals surface area contributed by atoms with Gasteiger partial charge in [0.05, 0.1) is 12.5 Å². The molecule has 0 bridgehead atoms. The third-order valence-corrected chi connectivity index (χ3v) is 2.75. The van der Waals surface area contributed by atoms with Crippen LogP contribution in [-0.2, 0) is 0 Å². The number of nitrogens with zero attached hydrogens (tertiary/aromatic N) is 2. The van der Waals surface area contributed by atoms with Crippen molar-refractivity contribution in [3.05, 3.63) is 47.7 Å². The minimum absolute atomic E-state index is 0.244. The zero-order chi connectivity index (χ0) is 13.8. The standard InChI is InChI=1S/C14H17N3O2/c1-10(2)17-9-12(7-11(17)3)8-15-16-14(18)13-5-4-6-19-13/h4-10H,1-3H3,(H,16,18)/b15-8+. The van der Waals surface area contributed by atoms with Crippen LogP contribution in [0.1, 0.15) is 41.7 Å². The first-order chi connectivity index (χ1) is 9.08. The second-order valence-electron chi connectivity index (χ2n) is 4.59. The highest BCUT2D eigenvalue weighted by atomic mass is 16.3. The molecule has 0 spiro atoms. The summed E-state index contributed by atoms with van der Waals surface area (Å²) in [6.45, 7) is 6.28. The van der Waals surface area contributed by atoms with Crippen LogP contribution in [0, 0.1) is 6.92 Å². The van der Waals surface area contributed by atoms with Crippen molar-refractivity contribution >= 4 is 12.1 Å². The largest absolute Gasteiger partial charge is 0.459 e. The molecule has 0 fully saturated rings. The predicted octanol–water partition coefficient (Wildman–Crippen LogP) is 2.73. The lowest BCUT2D eigenvalue weighted by Crippen LogP contribution is -2.16. The Kier molecular flexibility index (Phi) is 3.85. The van der Waals surface area contributed by atoms with Gasteiger partial charge in [-0.15, -0.1) is 0 Å². The summed E-state index contributed by atoms with van der Waals surface area (Å²) in [4.78, 5) is 11.6. The van der Waals surface area contributed by atoms with Crippen LogP contribution < -0.4 is 5.43 Å². The number of aromatic nitrogens is 1. The Morgan fingerprint density at radius 1 is 1.53 bits per heavy atom. The van der Waals surface area contributed by atoms with Crippen molar-refractivity contribution in [2.75, 3.05) is 0 Å². The third-order valence-electron chi connectivity index (χ3n) is 2.75. The first-order valence-electron chi connectivity index (χ1n) is 6.13. The summed E-state index contributed by atoms with van der Waals surface area (Å²) in [5.41, 5.74) is 4.53. The first kappa shape index (κ1) is 13.1. The first-order valence-corrected chi connectivity index (χ1v) is 6.13. The van der Waals surface area contributed by atoms with Crippen LogP contribution >= 0.6 is 0 Å². The van der Waals surface area contributed by atoms with E-state index >= 15 is 0 Å². The van der Waals surface area contributed by atoms with E-state index in [1.54, 1.807) is 18.3 Å². The Morgan fingerprint density at radius 2 is 2.32 bits per heavy atom. The molecule has 0 aliphatic carbocycles. The molecule has 5 heteroatoms. The summed E-state index contributed by atoms with van der Waals surface area (Å²) >= 11 is 0. The van der Waals surface area contributed by atoms with Crippen molar-refractivity contribution in [2.24, 2.45) is 5.10 Å². The summed E-state index contributed by atoms with van der Waals surface area (Å²) in [5.74, 6) is -0.116. The van der Waals surface area contributed by atoms with Gasteiger partial charge in [0.2, 0.25) is 0 Å². The van der Waals surface area contributed by atoms with Crippen LogP contribution in [0.25, 0.3) is 0 Å². The van der Waals surface area contributed by atoms with E-state index in [1.807, 2.05) is 19.2 Å². The fourth-order valence-electron chi connectivity index (χ4n) is 1.87. The zero-order valence-electron chi connectivity index (χ0n) is 11.3. The van der Waals surface area contributed by atoms with Gasteiger partial charge in [0.15, 0.2) is 5.76 Å². The average Bonchev–Trinajstić information content (AvgIpc) is 2.98. The number of nitrogens with one attached hydrogen (secondary N) is 1. The van der Waals surface area contributed by atoms with Crippen molar-refractivity contribution < 1.29 is 9.21 Å². The van der Waals surface area contributed by atoms with Crippen molar-refractivity contribution in [3.63, 3.8) is 0 Å². The number of hydrazone groups is 1. The number of amides is 1. The number of carbonyl (C=O) groups is 1. The van der Waals surface area contributed by atoms with Gasteiger partial charge in [0.1, 0.15) is 0 Å². The molecule has 2 aromatic heterocycles. The number of hydrogen-bond donors (Lipinski definition) is 1. The summed E-state index contributed by atoms with van der Waals surface area (Å²) in [6.07, 6.45) is 5.07. The molecule has 0 unspecified atom stereocenters. The van der Waals surface area contributed by atoms with Gasteiger partial charge < -0.3 is 8.98 Å². The molecule has 1 N–H and O–H groups in total. The molecule has 19 heavy (non-hydrogen) atoms. The molecule has 0 aliphatic rings. The van der Waals surface area contributed by atoms with Gasteiger partial charge in [-0.2, -0.15) is 5.10 Å². The predicted molar refractivity (Wildman–Crippen MR) is 73.3 cm³/mol. The Morgan fingerprint density at radius 3 is 2.89 bits per heavy atom. The van der Waals surface area contributed by atoms with Gasteiger partial charge in [-0.3, -0.25) is 4.79 Å². The quantitative estimate of drug-likeness (QED) is 0.678. The zero-order valence-corrected chi connectivity index (χ0v) is 11.3. The van der Waals surface area contributed by atoms with Crippen LogP contribution in [0.5, 0.6) is 0 Å². The molecule has 0 saturated carbocycles. The van der Waals surface area contributed by atoms with Gasteiger partial charge in [0, 0.05) is 23.5 Å². The monoisotopic (exact) mass is 259 g/mol. The van der Waals surface area contributed by atoms with Crippen molar-refractivity contribution in [2.45, 2.75) is 26.8 Å². The minimum Gasteiger partial charge on any atom is -0.459 e. The van der Waals surface area contributed by atoms with Gasteiger partial charge in [-0.05, 0) is 39.0 Å². The highest BCUT2D eigenvalue weighted by Crippen LogP contribution is 2.12. The molecule has 0 aliphatic heterocycles. The van der Waals surface area contributed by atoms with E-state index < -0.39 is 0 Å². The molecular weight excluding hydrogens is 242 g/mol. The van der Waals surface area contributed by atoms with E-state index in [1.165, 1.54) is 6.26 Å². The highest BCUT2D eigenvalue weighted by Gasteiger charge is 2.06. The number of furan rings is 1. The summed E-state index contributed by atoms with van der Waals surface area (Å²) in [5, 5.41) is 3.91. The van der Waals surface area contributed by atoms with E-state index in [-0.39, 0.29) is 11.7 Å². The van der Waals surface area contributed by atoms with Crippen molar-refractivity contribution in [3.8, 4) is 0 Å². The van der Waals surface area contributed by atoms with E-state index in [0.29, 0.717) is 6.04 Å². The molecule has 5 nitrogen and oxygen atoms in total. The van der Waals surface area contributed by atoms with Crippen LogP contribution in [0.2, 0.25) is 0 Å².